The number of aromatic nitrogens is 6. The summed E-state index contributed by atoms with van der Waals surface area (Å²) in [7, 11) is 1.53. The molecule has 0 radical (unpaired) electrons. The van der Waals surface area contributed by atoms with E-state index < -0.39 is 0 Å². The van der Waals surface area contributed by atoms with E-state index in [4.69, 9.17) is 4.74 Å². The van der Waals surface area contributed by atoms with Crippen molar-refractivity contribution in [2.24, 2.45) is 5.92 Å². The Kier molecular flexibility index (Phi) is 6.67. The number of rotatable bonds is 9. The molecule has 1 amide bonds. The third-order valence-corrected chi connectivity index (χ3v) is 5.75. The van der Waals surface area contributed by atoms with Gasteiger partial charge in [0.15, 0.2) is 0 Å². The topological polar surface area (TPSA) is 111 Å². The lowest BCUT2D eigenvalue weighted by molar-refractivity contribution is 0.102. The van der Waals surface area contributed by atoms with Crippen LogP contribution in [-0.2, 0) is 6.54 Å². The standard InChI is InChI=1S/C24H29N7O2/c1-5-7-16(6-2)13-31-14-18(15(3)30-31)23(32)29-22-11-20-17(12-26-22)10-21(27-20)19-8-9-25-24(28-19)33-4/h8-12,14,16,27H,5-7,13H2,1-4H3,(H,26,29,32). The lowest BCUT2D eigenvalue weighted by Gasteiger charge is -2.13. The molecule has 0 bridgehead atoms. The molecule has 0 spiro atoms. The van der Waals surface area contributed by atoms with Gasteiger partial charge in [0.2, 0.25) is 0 Å². The number of amides is 1. The zero-order valence-electron chi connectivity index (χ0n) is 19.4. The molecule has 2 N–H and O–H groups in total. The Morgan fingerprint density at radius 2 is 2.12 bits per heavy atom. The summed E-state index contributed by atoms with van der Waals surface area (Å²) in [6.45, 7) is 7.06. The minimum atomic E-state index is -0.221. The molecule has 1 atom stereocenters. The van der Waals surface area contributed by atoms with Crippen molar-refractivity contribution in [3.05, 3.63) is 48.0 Å². The smallest absolute Gasteiger partial charge is 0.316 e. The molecule has 0 aromatic carbocycles. The van der Waals surface area contributed by atoms with Crippen LogP contribution in [0.15, 0.2) is 36.8 Å². The summed E-state index contributed by atoms with van der Waals surface area (Å²) in [5, 5.41) is 8.35. The first kappa shape index (κ1) is 22.4. The Morgan fingerprint density at radius 3 is 2.88 bits per heavy atom. The van der Waals surface area contributed by atoms with Crippen molar-refractivity contribution in [3.8, 4) is 17.4 Å². The maximum absolute atomic E-state index is 12.9. The molecule has 0 aliphatic rings. The number of carbonyl (C=O) groups excluding carboxylic acids is 1. The number of carbonyl (C=O) groups is 1. The number of nitrogens with zero attached hydrogens (tertiary/aromatic N) is 5. The van der Waals surface area contributed by atoms with Gasteiger partial charge in [-0.25, -0.2) is 9.97 Å². The predicted molar refractivity (Wildman–Crippen MR) is 127 cm³/mol. The van der Waals surface area contributed by atoms with E-state index in [1.165, 1.54) is 7.11 Å². The third-order valence-electron chi connectivity index (χ3n) is 5.75. The average Bonchev–Trinajstić information content (AvgIpc) is 3.41. The lowest BCUT2D eigenvalue weighted by Crippen LogP contribution is -2.13. The maximum atomic E-state index is 12.9. The van der Waals surface area contributed by atoms with Crippen LogP contribution in [0.4, 0.5) is 5.82 Å². The van der Waals surface area contributed by atoms with Gasteiger partial charge in [-0.15, -0.1) is 0 Å². The number of nitrogens with one attached hydrogen (secondary N) is 2. The van der Waals surface area contributed by atoms with Crippen molar-refractivity contribution in [2.45, 2.75) is 46.6 Å². The second kappa shape index (κ2) is 9.81. The zero-order valence-corrected chi connectivity index (χ0v) is 19.4. The number of ether oxygens (including phenoxy) is 1. The van der Waals surface area contributed by atoms with Gasteiger partial charge in [-0.3, -0.25) is 9.48 Å². The Morgan fingerprint density at radius 1 is 1.27 bits per heavy atom. The van der Waals surface area contributed by atoms with Crippen molar-refractivity contribution in [1.29, 1.82) is 0 Å². The van der Waals surface area contributed by atoms with E-state index in [2.05, 4.69) is 44.2 Å². The molecule has 4 rings (SSSR count). The summed E-state index contributed by atoms with van der Waals surface area (Å²) in [5.74, 6) is 0.804. The van der Waals surface area contributed by atoms with Crippen LogP contribution in [0.5, 0.6) is 6.01 Å². The second-order valence-corrected chi connectivity index (χ2v) is 8.14. The fourth-order valence-electron chi connectivity index (χ4n) is 3.94. The van der Waals surface area contributed by atoms with Crippen molar-refractivity contribution in [3.63, 3.8) is 0 Å². The van der Waals surface area contributed by atoms with Gasteiger partial charge in [-0.2, -0.15) is 10.1 Å². The summed E-state index contributed by atoms with van der Waals surface area (Å²) in [4.78, 5) is 29.0. The van der Waals surface area contributed by atoms with E-state index in [1.807, 2.05) is 29.9 Å². The molecule has 4 aromatic heterocycles. The summed E-state index contributed by atoms with van der Waals surface area (Å²) in [6.07, 6.45) is 8.58. The summed E-state index contributed by atoms with van der Waals surface area (Å²) in [5.41, 5.74) is 3.62. The minimum absolute atomic E-state index is 0.221. The van der Waals surface area contributed by atoms with Crippen LogP contribution >= 0.6 is 0 Å². The van der Waals surface area contributed by atoms with Gasteiger partial charge < -0.3 is 15.0 Å². The maximum Gasteiger partial charge on any atom is 0.316 e. The van der Waals surface area contributed by atoms with Crippen molar-refractivity contribution in [2.75, 3.05) is 12.4 Å². The number of pyridine rings is 1. The number of hydrogen-bond acceptors (Lipinski definition) is 6. The van der Waals surface area contributed by atoms with Crippen LogP contribution in [0.2, 0.25) is 0 Å². The Hall–Kier alpha value is -3.75. The first-order valence-corrected chi connectivity index (χ1v) is 11.2. The van der Waals surface area contributed by atoms with Crippen LogP contribution < -0.4 is 10.1 Å². The number of H-pyrrole nitrogens is 1. The summed E-state index contributed by atoms with van der Waals surface area (Å²) < 4.78 is 6.99. The molecule has 9 heteroatoms. The van der Waals surface area contributed by atoms with Crippen molar-refractivity contribution >= 4 is 22.6 Å². The highest BCUT2D eigenvalue weighted by atomic mass is 16.5. The van der Waals surface area contributed by atoms with E-state index in [0.717, 1.165) is 42.4 Å². The zero-order chi connectivity index (χ0) is 23.4. The normalized spacial score (nSPS) is 12.1. The highest BCUT2D eigenvalue weighted by Gasteiger charge is 2.16. The largest absolute Gasteiger partial charge is 0.467 e. The molecule has 33 heavy (non-hydrogen) atoms. The first-order valence-electron chi connectivity index (χ1n) is 11.2. The van der Waals surface area contributed by atoms with E-state index >= 15 is 0 Å². The summed E-state index contributed by atoms with van der Waals surface area (Å²) in [6, 6.07) is 5.86. The highest BCUT2D eigenvalue weighted by molar-refractivity contribution is 6.05. The van der Waals surface area contributed by atoms with Crippen LogP contribution in [0, 0.1) is 12.8 Å². The van der Waals surface area contributed by atoms with Crippen LogP contribution in [0.1, 0.15) is 49.2 Å². The van der Waals surface area contributed by atoms with Gasteiger partial charge in [-0.1, -0.05) is 26.7 Å². The van der Waals surface area contributed by atoms with Crippen LogP contribution in [-0.4, -0.2) is 42.7 Å². The second-order valence-electron chi connectivity index (χ2n) is 8.14. The monoisotopic (exact) mass is 447 g/mol. The van der Waals surface area contributed by atoms with Gasteiger partial charge in [0.05, 0.1) is 35.3 Å². The minimum Gasteiger partial charge on any atom is -0.467 e. The molecule has 1 unspecified atom stereocenters. The first-order chi connectivity index (χ1) is 16.0. The number of aromatic amines is 1. The number of hydrogen-bond donors (Lipinski definition) is 2. The average molecular weight is 448 g/mol. The Balaban J connectivity index is 1.51. The van der Waals surface area contributed by atoms with Gasteiger partial charge in [-0.05, 0) is 31.4 Å². The molecule has 4 aromatic rings. The van der Waals surface area contributed by atoms with Gasteiger partial charge in [0.25, 0.3) is 5.91 Å². The fourth-order valence-corrected chi connectivity index (χ4v) is 3.94. The third kappa shape index (κ3) is 5.02. The van der Waals surface area contributed by atoms with Gasteiger partial charge >= 0.3 is 6.01 Å². The van der Waals surface area contributed by atoms with Crippen LogP contribution in [0.3, 0.4) is 0 Å². The fraction of sp³-hybridized carbons (Fsp3) is 0.375. The Labute approximate surface area is 192 Å². The van der Waals surface area contributed by atoms with E-state index in [-0.39, 0.29) is 5.91 Å². The van der Waals surface area contributed by atoms with Gasteiger partial charge in [0.1, 0.15) is 5.82 Å². The Bertz CT molecular complexity index is 1260. The molecule has 4 heterocycles. The quantitative estimate of drug-likeness (QED) is 0.388. The van der Waals surface area contributed by atoms with Gasteiger partial charge in [0, 0.05) is 36.6 Å². The number of methoxy groups -OCH3 is 1. The molecule has 0 saturated heterocycles. The lowest BCUT2D eigenvalue weighted by atomic mass is 10.0. The molecule has 0 aliphatic carbocycles. The van der Waals surface area contributed by atoms with Crippen LogP contribution in [0.25, 0.3) is 22.3 Å². The number of fused-ring (bicyclic) bond motifs is 1. The molecule has 0 aliphatic heterocycles. The number of anilines is 1. The summed E-state index contributed by atoms with van der Waals surface area (Å²) >= 11 is 0. The molecule has 9 nitrogen and oxygen atoms in total. The van der Waals surface area contributed by atoms with E-state index in [0.29, 0.717) is 34.7 Å². The SMILES string of the molecule is CCCC(CC)Cn1cc(C(=O)Nc2cc3[nH]c(-c4ccnc(OC)n4)cc3cn2)c(C)n1. The highest BCUT2D eigenvalue weighted by Crippen LogP contribution is 2.25. The molecular weight excluding hydrogens is 418 g/mol. The molecule has 0 saturated carbocycles. The predicted octanol–water partition coefficient (Wildman–Crippen LogP) is 4.61. The molecular formula is C24H29N7O2. The van der Waals surface area contributed by atoms with Crippen molar-refractivity contribution in [1.82, 2.24) is 29.7 Å². The van der Waals surface area contributed by atoms with Crippen molar-refractivity contribution < 1.29 is 9.53 Å². The van der Waals surface area contributed by atoms with E-state index in [9.17, 15) is 4.79 Å². The molecule has 172 valence electrons. The van der Waals surface area contributed by atoms with E-state index in [1.54, 1.807) is 18.5 Å². The molecule has 0 fully saturated rings. The number of aryl methyl sites for hydroxylation is 1.